The zero-order valence-corrected chi connectivity index (χ0v) is 16.0. The van der Waals surface area contributed by atoms with Crippen LogP contribution < -0.4 is 5.32 Å². The van der Waals surface area contributed by atoms with Crippen LogP contribution in [0.15, 0.2) is 39.4 Å². The average molecular weight is 381 g/mol. The van der Waals surface area contributed by atoms with Crippen LogP contribution in [0.25, 0.3) is 0 Å². The maximum atomic E-state index is 12.5. The van der Waals surface area contributed by atoms with E-state index in [2.05, 4.69) is 10.3 Å². The molecule has 0 spiro atoms. The molecule has 1 aliphatic rings. The van der Waals surface area contributed by atoms with E-state index in [0.29, 0.717) is 22.0 Å². The Morgan fingerprint density at radius 2 is 2.12 bits per heavy atom. The highest BCUT2D eigenvalue weighted by Crippen LogP contribution is 2.38. The molecule has 0 fully saturated rings. The highest BCUT2D eigenvalue weighted by molar-refractivity contribution is 8.13. The van der Waals surface area contributed by atoms with E-state index in [4.69, 9.17) is 4.74 Å². The minimum Gasteiger partial charge on any atom is -0.463 e. The predicted molar refractivity (Wildman–Crippen MR) is 101 cm³/mol. The molecule has 1 heterocycles. The number of nitro groups is 1. The number of benzene rings is 1. The summed E-state index contributed by atoms with van der Waals surface area (Å²) in [7, 11) is 0. The summed E-state index contributed by atoms with van der Waals surface area (Å²) in [5.41, 5.74) is 1.60. The van der Waals surface area contributed by atoms with Crippen molar-refractivity contribution < 1.29 is 14.5 Å². The van der Waals surface area contributed by atoms with Gasteiger partial charge in [-0.1, -0.05) is 11.8 Å². The summed E-state index contributed by atoms with van der Waals surface area (Å²) < 4.78 is 5.17. The number of amidine groups is 1. The van der Waals surface area contributed by atoms with Crippen molar-refractivity contribution in [2.75, 3.05) is 19.1 Å². The molecule has 1 aromatic carbocycles. The van der Waals surface area contributed by atoms with Gasteiger partial charge in [0.1, 0.15) is 6.04 Å². The fraction of sp³-hybridized carbons (Fsp3) is 0.375. The molecule has 9 heteroatoms. The van der Waals surface area contributed by atoms with Gasteiger partial charge in [0, 0.05) is 28.3 Å². The SMILES string of the molecule is CCOC(=O)C1=C(C)NC(SC)=NC1c1cc([N+](=O)[O-])ccc1SC. The molecule has 134 valence electrons. The van der Waals surface area contributed by atoms with Gasteiger partial charge in [-0.3, -0.25) is 10.1 Å². The van der Waals surface area contributed by atoms with Gasteiger partial charge in [0.2, 0.25) is 0 Å². The quantitative estimate of drug-likeness (QED) is 0.361. The summed E-state index contributed by atoms with van der Waals surface area (Å²) in [6, 6.07) is 3.98. The number of hydrogen-bond donors (Lipinski definition) is 1. The lowest BCUT2D eigenvalue weighted by atomic mass is 9.96. The Labute approximate surface area is 154 Å². The minimum atomic E-state index is -0.648. The van der Waals surface area contributed by atoms with Crippen molar-refractivity contribution in [3.63, 3.8) is 0 Å². The van der Waals surface area contributed by atoms with E-state index in [0.717, 1.165) is 4.90 Å². The molecule has 2 rings (SSSR count). The van der Waals surface area contributed by atoms with Crippen LogP contribution in [-0.2, 0) is 9.53 Å². The van der Waals surface area contributed by atoms with Gasteiger partial charge in [0.15, 0.2) is 5.17 Å². The lowest BCUT2D eigenvalue weighted by Gasteiger charge is -2.26. The summed E-state index contributed by atoms with van der Waals surface area (Å²) >= 11 is 2.86. The topological polar surface area (TPSA) is 93.8 Å². The minimum absolute atomic E-state index is 0.0342. The van der Waals surface area contributed by atoms with E-state index in [1.165, 1.54) is 35.7 Å². The monoisotopic (exact) mass is 381 g/mol. The molecule has 1 aliphatic heterocycles. The largest absolute Gasteiger partial charge is 0.463 e. The number of hydrogen-bond acceptors (Lipinski definition) is 8. The number of non-ortho nitro benzene ring substituents is 1. The van der Waals surface area contributed by atoms with Gasteiger partial charge in [-0.15, -0.1) is 11.8 Å². The van der Waals surface area contributed by atoms with Gasteiger partial charge in [0.05, 0.1) is 17.1 Å². The first kappa shape index (κ1) is 19.3. The van der Waals surface area contributed by atoms with E-state index in [1.54, 1.807) is 19.9 Å². The van der Waals surface area contributed by atoms with Crippen LogP contribution >= 0.6 is 23.5 Å². The molecule has 0 aliphatic carbocycles. The van der Waals surface area contributed by atoms with Gasteiger partial charge in [0.25, 0.3) is 5.69 Å². The smallest absolute Gasteiger partial charge is 0.338 e. The molecular weight excluding hydrogens is 362 g/mol. The summed E-state index contributed by atoms with van der Waals surface area (Å²) in [6.07, 6.45) is 3.75. The first-order valence-corrected chi connectivity index (χ1v) is 9.96. The fourth-order valence-corrected chi connectivity index (χ4v) is 3.57. The van der Waals surface area contributed by atoms with Crippen LogP contribution in [0.2, 0.25) is 0 Å². The molecule has 25 heavy (non-hydrogen) atoms. The van der Waals surface area contributed by atoms with Crippen molar-refractivity contribution in [3.05, 3.63) is 45.1 Å². The highest BCUT2D eigenvalue weighted by atomic mass is 32.2. The van der Waals surface area contributed by atoms with Crippen molar-refractivity contribution >= 4 is 40.3 Å². The third-order valence-electron chi connectivity index (χ3n) is 3.63. The second-order valence-corrected chi connectivity index (χ2v) is 6.75. The Morgan fingerprint density at radius 3 is 2.68 bits per heavy atom. The van der Waals surface area contributed by atoms with Gasteiger partial charge >= 0.3 is 5.97 Å². The Hall–Kier alpha value is -2.00. The van der Waals surface area contributed by atoms with Gasteiger partial charge < -0.3 is 10.1 Å². The Morgan fingerprint density at radius 1 is 1.40 bits per heavy atom. The predicted octanol–water partition coefficient (Wildman–Crippen LogP) is 3.52. The van der Waals surface area contributed by atoms with Gasteiger partial charge in [-0.2, -0.15) is 0 Å². The number of nitrogens with zero attached hydrogens (tertiary/aromatic N) is 2. The third kappa shape index (κ3) is 4.16. The van der Waals surface area contributed by atoms with Crippen molar-refractivity contribution in [2.45, 2.75) is 24.8 Å². The van der Waals surface area contributed by atoms with E-state index in [9.17, 15) is 14.9 Å². The second-order valence-electron chi connectivity index (χ2n) is 5.11. The number of ether oxygens (including phenoxy) is 1. The summed E-state index contributed by atoms with van der Waals surface area (Å²) in [4.78, 5) is 28.6. The number of esters is 1. The molecular formula is C16H19N3O4S2. The number of thioether (sulfide) groups is 2. The lowest BCUT2D eigenvalue weighted by Crippen LogP contribution is -2.30. The van der Waals surface area contributed by atoms with Crippen LogP contribution in [0, 0.1) is 10.1 Å². The van der Waals surface area contributed by atoms with Gasteiger partial charge in [-0.25, -0.2) is 9.79 Å². The fourth-order valence-electron chi connectivity index (χ4n) is 2.50. The van der Waals surface area contributed by atoms with Crippen molar-refractivity contribution in [1.29, 1.82) is 0 Å². The number of aliphatic imine (C=N–C) groups is 1. The second kappa shape index (κ2) is 8.39. The number of allylic oxidation sites excluding steroid dienone is 1. The number of carbonyl (C=O) groups is 1. The van der Waals surface area contributed by atoms with E-state index in [-0.39, 0.29) is 12.3 Å². The molecule has 0 bridgehead atoms. The molecule has 1 N–H and O–H groups in total. The van der Waals surface area contributed by atoms with E-state index < -0.39 is 16.9 Å². The molecule has 1 unspecified atom stereocenters. The molecule has 0 saturated carbocycles. The molecule has 1 atom stereocenters. The Kier molecular flexibility index (Phi) is 6.49. The van der Waals surface area contributed by atoms with Crippen LogP contribution in [-0.4, -0.2) is 35.2 Å². The summed E-state index contributed by atoms with van der Waals surface area (Å²) in [5, 5.41) is 14.9. The lowest BCUT2D eigenvalue weighted by molar-refractivity contribution is -0.385. The van der Waals surface area contributed by atoms with E-state index in [1.807, 2.05) is 12.5 Å². The first-order chi connectivity index (χ1) is 11.9. The van der Waals surface area contributed by atoms with Gasteiger partial charge in [-0.05, 0) is 32.4 Å². The first-order valence-electron chi connectivity index (χ1n) is 7.51. The van der Waals surface area contributed by atoms with Crippen LogP contribution in [0.4, 0.5) is 5.69 Å². The Balaban J connectivity index is 2.63. The summed E-state index contributed by atoms with van der Waals surface area (Å²) in [5.74, 6) is -0.472. The van der Waals surface area contributed by atoms with E-state index >= 15 is 0 Å². The molecule has 1 aromatic rings. The van der Waals surface area contributed by atoms with Crippen molar-refractivity contribution in [2.24, 2.45) is 4.99 Å². The summed E-state index contributed by atoms with van der Waals surface area (Å²) in [6.45, 7) is 3.75. The third-order valence-corrected chi connectivity index (χ3v) is 5.03. The molecule has 7 nitrogen and oxygen atoms in total. The molecule has 0 radical (unpaired) electrons. The normalized spacial score (nSPS) is 17.0. The standard InChI is InChI=1S/C16H19N3O4S2/c1-5-23-15(20)13-9(2)17-16(25-4)18-14(13)11-8-10(19(21)22)6-7-12(11)24-3/h6-8,14H,5H2,1-4H3,(H,17,18). The van der Waals surface area contributed by atoms with Crippen LogP contribution in [0.5, 0.6) is 0 Å². The average Bonchev–Trinajstić information content (AvgIpc) is 2.60. The number of carbonyl (C=O) groups excluding carboxylic acids is 1. The van der Waals surface area contributed by atoms with Crippen molar-refractivity contribution in [1.82, 2.24) is 5.32 Å². The Bertz CT molecular complexity index is 762. The zero-order valence-electron chi connectivity index (χ0n) is 14.4. The zero-order chi connectivity index (χ0) is 18.6. The maximum Gasteiger partial charge on any atom is 0.338 e. The number of nitrogens with one attached hydrogen (secondary N) is 1. The highest BCUT2D eigenvalue weighted by Gasteiger charge is 2.32. The number of nitro benzene ring substituents is 1. The van der Waals surface area contributed by atoms with Crippen LogP contribution in [0.3, 0.4) is 0 Å². The maximum absolute atomic E-state index is 12.5. The molecule has 0 amide bonds. The number of rotatable bonds is 5. The molecule has 0 saturated heterocycles. The van der Waals surface area contributed by atoms with Crippen molar-refractivity contribution in [3.8, 4) is 0 Å². The van der Waals surface area contributed by atoms with Crippen LogP contribution in [0.1, 0.15) is 25.5 Å². The molecule has 0 aromatic heterocycles.